The lowest BCUT2D eigenvalue weighted by molar-refractivity contribution is -0.113. The van der Waals surface area contributed by atoms with Crippen LogP contribution in [0.15, 0.2) is 53.7 Å². The molecule has 1 amide bonds. The second-order valence-corrected chi connectivity index (χ2v) is 6.69. The number of thioether (sulfide) groups is 1. The lowest BCUT2D eigenvalue weighted by Crippen LogP contribution is -2.15. The molecule has 25 heavy (non-hydrogen) atoms. The van der Waals surface area contributed by atoms with Crippen molar-refractivity contribution in [2.24, 2.45) is 0 Å². The van der Waals surface area contributed by atoms with E-state index in [0.717, 1.165) is 16.2 Å². The number of fused-ring (bicyclic) bond motifs is 1. The summed E-state index contributed by atoms with van der Waals surface area (Å²) in [7, 11) is 1.67. The summed E-state index contributed by atoms with van der Waals surface area (Å²) in [4.78, 5) is 16.9. The van der Waals surface area contributed by atoms with Crippen molar-refractivity contribution in [3.8, 4) is 0 Å². The third-order valence-electron chi connectivity index (χ3n) is 3.62. The Morgan fingerprint density at radius 2 is 2.00 bits per heavy atom. The van der Waals surface area contributed by atoms with Crippen LogP contribution in [0.2, 0.25) is 5.02 Å². The van der Waals surface area contributed by atoms with E-state index < -0.39 is 0 Å². The summed E-state index contributed by atoms with van der Waals surface area (Å²) in [5, 5.41) is 4.14. The number of hydrogen-bond donors (Lipinski definition) is 1. The average Bonchev–Trinajstić information content (AvgIpc) is 2.98. The second-order valence-electron chi connectivity index (χ2n) is 5.34. The molecule has 0 aliphatic rings. The van der Waals surface area contributed by atoms with Crippen molar-refractivity contribution in [3.05, 3.63) is 53.6 Å². The lowest BCUT2D eigenvalue weighted by atomic mass is 10.3. The number of amides is 1. The van der Waals surface area contributed by atoms with Gasteiger partial charge >= 0.3 is 0 Å². The van der Waals surface area contributed by atoms with Crippen LogP contribution in [0, 0.1) is 0 Å². The number of rotatable bonds is 7. The normalized spacial score (nSPS) is 11.0. The molecule has 130 valence electrons. The Kier molecular flexibility index (Phi) is 5.96. The number of aromatic nitrogens is 2. The molecule has 3 rings (SSSR count). The summed E-state index contributed by atoms with van der Waals surface area (Å²) in [5.41, 5.74) is 2.56. The maximum absolute atomic E-state index is 12.2. The quantitative estimate of drug-likeness (QED) is 0.632. The van der Waals surface area contributed by atoms with Crippen LogP contribution in [0.25, 0.3) is 11.0 Å². The number of methoxy groups -OCH3 is 1. The Morgan fingerprint density at radius 1 is 1.24 bits per heavy atom. The highest BCUT2D eigenvalue weighted by Crippen LogP contribution is 2.25. The molecular weight excluding hydrogens is 358 g/mol. The zero-order valence-electron chi connectivity index (χ0n) is 13.7. The molecule has 0 spiro atoms. The van der Waals surface area contributed by atoms with Crippen LogP contribution in [0.4, 0.5) is 5.69 Å². The Bertz CT molecular complexity index is 882. The van der Waals surface area contributed by atoms with Gasteiger partial charge < -0.3 is 14.6 Å². The molecule has 0 atom stereocenters. The summed E-state index contributed by atoms with van der Waals surface area (Å²) in [6, 6.07) is 15.1. The summed E-state index contributed by atoms with van der Waals surface area (Å²) in [5.74, 6) is 0.130. The Labute approximate surface area is 155 Å². The van der Waals surface area contributed by atoms with Gasteiger partial charge in [0.25, 0.3) is 0 Å². The van der Waals surface area contributed by atoms with Gasteiger partial charge in [-0.05, 0) is 24.3 Å². The Balaban J connectivity index is 1.72. The summed E-state index contributed by atoms with van der Waals surface area (Å²) >= 11 is 7.47. The largest absolute Gasteiger partial charge is 0.383 e. The molecule has 0 saturated heterocycles. The highest BCUT2D eigenvalue weighted by Gasteiger charge is 2.13. The van der Waals surface area contributed by atoms with Crippen molar-refractivity contribution in [2.75, 3.05) is 24.8 Å². The zero-order valence-corrected chi connectivity index (χ0v) is 15.3. The second kappa shape index (κ2) is 8.38. The van der Waals surface area contributed by atoms with Crippen molar-refractivity contribution >= 4 is 46.0 Å². The predicted octanol–water partition coefficient (Wildman–Crippen LogP) is 4.07. The van der Waals surface area contributed by atoms with Gasteiger partial charge in [-0.1, -0.05) is 47.6 Å². The van der Waals surface area contributed by atoms with E-state index in [-0.39, 0.29) is 11.7 Å². The molecule has 2 aromatic carbocycles. The molecule has 1 N–H and O–H groups in total. The van der Waals surface area contributed by atoms with E-state index in [2.05, 4.69) is 14.9 Å². The molecule has 1 aromatic heterocycles. The van der Waals surface area contributed by atoms with Crippen LogP contribution < -0.4 is 5.32 Å². The van der Waals surface area contributed by atoms with Gasteiger partial charge in [-0.2, -0.15) is 0 Å². The monoisotopic (exact) mass is 375 g/mol. The highest BCUT2D eigenvalue weighted by molar-refractivity contribution is 7.99. The molecule has 0 fully saturated rings. The number of hydrogen-bond acceptors (Lipinski definition) is 4. The summed E-state index contributed by atoms with van der Waals surface area (Å²) < 4.78 is 7.26. The molecule has 0 saturated carbocycles. The number of halogens is 1. The standard InChI is InChI=1S/C18H18ClN3O2S/c1-24-11-10-22-16-9-5-4-8-15(16)21-18(22)25-12-17(23)20-14-7-3-2-6-13(14)19/h2-9H,10-12H2,1H3,(H,20,23). The van der Waals surface area contributed by atoms with E-state index in [0.29, 0.717) is 23.9 Å². The molecule has 1 heterocycles. The minimum atomic E-state index is -0.122. The van der Waals surface area contributed by atoms with Gasteiger partial charge in [0.1, 0.15) is 0 Å². The molecule has 3 aromatic rings. The molecule has 0 aliphatic heterocycles. The smallest absolute Gasteiger partial charge is 0.234 e. The van der Waals surface area contributed by atoms with Crippen LogP contribution in [0.5, 0.6) is 0 Å². The van der Waals surface area contributed by atoms with Gasteiger partial charge in [0.2, 0.25) is 5.91 Å². The van der Waals surface area contributed by atoms with E-state index in [1.807, 2.05) is 36.4 Å². The van der Waals surface area contributed by atoms with Crippen LogP contribution in [0.1, 0.15) is 0 Å². The van der Waals surface area contributed by atoms with E-state index in [1.165, 1.54) is 11.8 Å². The maximum atomic E-state index is 12.2. The van der Waals surface area contributed by atoms with E-state index in [1.54, 1.807) is 19.2 Å². The number of ether oxygens (including phenoxy) is 1. The number of para-hydroxylation sites is 3. The molecule has 5 nitrogen and oxygen atoms in total. The fourth-order valence-electron chi connectivity index (χ4n) is 2.44. The molecule has 0 bridgehead atoms. The number of nitrogens with one attached hydrogen (secondary N) is 1. The minimum Gasteiger partial charge on any atom is -0.383 e. The van der Waals surface area contributed by atoms with Crippen molar-refractivity contribution in [1.82, 2.24) is 9.55 Å². The Morgan fingerprint density at radius 3 is 2.80 bits per heavy atom. The first-order chi connectivity index (χ1) is 12.2. The first kappa shape index (κ1) is 17.8. The van der Waals surface area contributed by atoms with E-state index in [9.17, 15) is 4.79 Å². The predicted molar refractivity (Wildman–Crippen MR) is 102 cm³/mol. The molecule has 0 radical (unpaired) electrons. The summed E-state index contributed by atoms with van der Waals surface area (Å²) in [6.07, 6.45) is 0. The third kappa shape index (κ3) is 4.34. The topological polar surface area (TPSA) is 56.1 Å². The van der Waals surface area contributed by atoms with Crippen LogP contribution in [-0.4, -0.2) is 34.9 Å². The van der Waals surface area contributed by atoms with Gasteiger partial charge in [-0.3, -0.25) is 4.79 Å². The van der Waals surface area contributed by atoms with Crippen molar-refractivity contribution in [2.45, 2.75) is 11.7 Å². The number of benzene rings is 2. The molecular formula is C18H18ClN3O2S. The number of nitrogens with zero attached hydrogens (tertiary/aromatic N) is 2. The van der Waals surface area contributed by atoms with Crippen LogP contribution in [0.3, 0.4) is 0 Å². The zero-order chi connectivity index (χ0) is 17.6. The number of carbonyl (C=O) groups excluding carboxylic acids is 1. The van der Waals surface area contributed by atoms with Gasteiger partial charge in [0.05, 0.1) is 34.1 Å². The fraction of sp³-hybridized carbons (Fsp3) is 0.222. The van der Waals surface area contributed by atoms with E-state index in [4.69, 9.17) is 16.3 Å². The average molecular weight is 376 g/mol. The molecule has 0 aliphatic carbocycles. The first-order valence-corrected chi connectivity index (χ1v) is 9.17. The summed E-state index contributed by atoms with van der Waals surface area (Å²) in [6.45, 7) is 1.27. The maximum Gasteiger partial charge on any atom is 0.234 e. The first-order valence-electron chi connectivity index (χ1n) is 7.80. The van der Waals surface area contributed by atoms with Gasteiger partial charge in [0, 0.05) is 13.7 Å². The number of carbonyl (C=O) groups is 1. The van der Waals surface area contributed by atoms with Gasteiger partial charge in [-0.15, -0.1) is 0 Å². The lowest BCUT2D eigenvalue weighted by Gasteiger charge is -2.09. The number of anilines is 1. The van der Waals surface area contributed by atoms with Gasteiger partial charge in [0.15, 0.2) is 5.16 Å². The highest BCUT2D eigenvalue weighted by atomic mass is 35.5. The van der Waals surface area contributed by atoms with Crippen molar-refractivity contribution < 1.29 is 9.53 Å². The van der Waals surface area contributed by atoms with Crippen LogP contribution >= 0.6 is 23.4 Å². The van der Waals surface area contributed by atoms with E-state index >= 15 is 0 Å². The van der Waals surface area contributed by atoms with Gasteiger partial charge in [-0.25, -0.2) is 4.98 Å². The van der Waals surface area contributed by atoms with Crippen LogP contribution in [-0.2, 0) is 16.1 Å². The Hall–Kier alpha value is -2.02. The van der Waals surface area contributed by atoms with Crippen molar-refractivity contribution in [1.29, 1.82) is 0 Å². The third-order valence-corrected chi connectivity index (χ3v) is 4.92. The SMILES string of the molecule is COCCn1c(SCC(=O)Nc2ccccc2Cl)nc2ccccc21. The fourth-order valence-corrected chi connectivity index (χ4v) is 3.46. The minimum absolute atomic E-state index is 0.122. The number of imidazole rings is 1. The molecule has 7 heteroatoms. The van der Waals surface area contributed by atoms with Crippen molar-refractivity contribution in [3.63, 3.8) is 0 Å². The molecule has 0 unspecified atom stereocenters.